The molecule has 2 N–H and O–H groups in total. The van der Waals surface area contributed by atoms with Crippen LogP contribution in [-0.2, 0) is 16.4 Å². The lowest BCUT2D eigenvalue weighted by molar-refractivity contribution is 0.584. The number of hydrogen-bond acceptors (Lipinski definition) is 4. The molecule has 0 amide bonds. The molecular weight excluding hydrogens is 280 g/mol. The number of anilines is 1. The zero-order valence-electron chi connectivity index (χ0n) is 10.5. The summed E-state index contributed by atoms with van der Waals surface area (Å²) in [6, 6.07) is 5.20. The highest BCUT2D eigenvalue weighted by atomic mass is 32.2. The summed E-state index contributed by atoms with van der Waals surface area (Å²) in [4.78, 5) is 0.330. The predicted octanol–water partition coefficient (Wildman–Crippen LogP) is 1.30. The van der Waals surface area contributed by atoms with Gasteiger partial charge in [0.1, 0.15) is 0 Å². The zero-order valence-corrected chi connectivity index (χ0v) is 12.1. The minimum Gasteiger partial charge on any atom is -0.384 e. The second-order valence-corrected chi connectivity index (χ2v) is 7.02. The van der Waals surface area contributed by atoms with Gasteiger partial charge in [0, 0.05) is 24.5 Å². The van der Waals surface area contributed by atoms with Crippen LogP contribution in [0.15, 0.2) is 23.1 Å². The van der Waals surface area contributed by atoms with E-state index in [-0.39, 0.29) is 0 Å². The minimum absolute atomic E-state index is 0.330. The van der Waals surface area contributed by atoms with Crippen molar-refractivity contribution >= 4 is 27.5 Å². The van der Waals surface area contributed by atoms with E-state index in [4.69, 9.17) is 6.42 Å². The van der Waals surface area contributed by atoms with Crippen LogP contribution < -0.4 is 10.0 Å². The van der Waals surface area contributed by atoms with Crippen LogP contribution in [0.3, 0.4) is 0 Å². The molecule has 0 radical (unpaired) electrons. The first-order valence-electron chi connectivity index (χ1n) is 6.01. The van der Waals surface area contributed by atoms with E-state index in [0.717, 1.165) is 24.2 Å². The van der Waals surface area contributed by atoms with Crippen molar-refractivity contribution in [1.29, 1.82) is 0 Å². The maximum atomic E-state index is 12.1. The second-order valence-electron chi connectivity index (χ2n) is 4.15. The molecule has 0 aliphatic carbocycles. The quantitative estimate of drug-likeness (QED) is 0.614. The topological polar surface area (TPSA) is 58.2 Å². The summed E-state index contributed by atoms with van der Waals surface area (Å²) in [6.07, 6.45) is 6.00. The van der Waals surface area contributed by atoms with Crippen LogP contribution in [0.2, 0.25) is 0 Å². The molecule has 0 aromatic heterocycles. The van der Waals surface area contributed by atoms with E-state index in [1.165, 1.54) is 11.8 Å². The first kappa shape index (κ1) is 14.3. The Morgan fingerprint density at radius 3 is 3.11 bits per heavy atom. The van der Waals surface area contributed by atoms with Crippen molar-refractivity contribution in [2.45, 2.75) is 11.3 Å². The minimum atomic E-state index is -3.41. The van der Waals surface area contributed by atoms with Crippen LogP contribution in [0, 0.1) is 12.3 Å². The van der Waals surface area contributed by atoms with Crippen molar-refractivity contribution < 1.29 is 8.42 Å². The first-order chi connectivity index (χ1) is 9.13. The zero-order chi connectivity index (χ0) is 13.7. The van der Waals surface area contributed by atoms with Gasteiger partial charge in [-0.25, -0.2) is 13.1 Å². The van der Waals surface area contributed by atoms with E-state index in [2.05, 4.69) is 16.0 Å². The second kappa shape index (κ2) is 6.33. The normalized spacial score (nSPS) is 13.6. The van der Waals surface area contributed by atoms with Crippen LogP contribution in [0.25, 0.3) is 0 Å². The fourth-order valence-electron chi connectivity index (χ4n) is 1.91. The average Bonchev–Trinajstić information content (AvgIpc) is 2.85. The van der Waals surface area contributed by atoms with Crippen molar-refractivity contribution in [3.63, 3.8) is 0 Å². The summed E-state index contributed by atoms with van der Waals surface area (Å²) >= 11 is 1.54. The molecule has 0 fully saturated rings. The van der Waals surface area contributed by atoms with Gasteiger partial charge in [0.2, 0.25) is 10.0 Å². The van der Waals surface area contributed by atoms with Gasteiger partial charge in [0.05, 0.1) is 10.6 Å². The molecule has 4 nitrogen and oxygen atoms in total. The highest BCUT2D eigenvalue weighted by molar-refractivity contribution is 7.99. The fraction of sp³-hybridized carbons (Fsp3) is 0.385. The number of terminal acetylenes is 1. The van der Waals surface area contributed by atoms with E-state index in [1.807, 2.05) is 6.07 Å². The maximum Gasteiger partial charge on any atom is 0.240 e. The Balaban J connectivity index is 1.98. The molecule has 1 aromatic rings. The third kappa shape index (κ3) is 3.66. The van der Waals surface area contributed by atoms with Gasteiger partial charge in [0.25, 0.3) is 0 Å². The Morgan fingerprint density at radius 1 is 1.47 bits per heavy atom. The van der Waals surface area contributed by atoms with E-state index in [9.17, 15) is 8.42 Å². The van der Waals surface area contributed by atoms with Crippen LogP contribution in [-0.4, -0.2) is 33.0 Å². The molecule has 1 aliphatic heterocycles. The monoisotopic (exact) mass is 296 g/mol. The molecular formula is C13H16N2O2S2. The molecule has 1 heterocycles. The number of thioether (sulfide) groups is 1. The molecule has 0 saturated carbocycles. The van der Waals surface area contributed by atoms with E-state index < -0.39 is 10.0 Å². The number of nitrogens with one attached hydrogen (secondary N) is 2. The summed E-state index contributed by atoms with van der Waals surface area (Å²) in [5.41, 5.74) is 2.09. The highest BCUT2D eigenvalue weighted by Gasteiger charge is 2.17. The summed E-state index contributed by atoms with van der Waals surface area (Å²) in [5.74, 6) is 3.78. The molecule has 0 saturated heterocycles. The molecule has 1 aromatic carbocycles. The van der Waals surface area contributed by atoms with Crippen molar-refractivity contribution in [1.82, 2.24) is 4.72 Å². The molecule has 0 unspecified atom stereocenters. The van der Waals surface area contributed by atoms with Gasteiger partial charge in [0.15, 0.2) is 0 Å². The lowest BCUT2D eigenvalue weighted by Crippen LogP contribution is -2.26. The van der Waals surface area contributed by atoms with Crippen molar-refractivity contribution in [3.05, 3.63) is 23.8 Å². The Labute approximate surface area is 118 Å². The first-order valence-corrected chi connectivity index (χ1v) is 8.65. The molecule has 19 heavy (non-hydrogen) atoms. The SMILES string of the molecule is C#CCSCCNS(=O)(=O)c1ccc2c(c1)CCN2. The van der Waals surface area contributed by atoms with Crippen molar-refractivity contribution in [2.75, 3.05) is 29.9 Å². The smallest absolute Gasteiger partial charge is 0.240 e. The fourth-order valence-corrected chi connectivity index (χ4v) is 3.63. The van der Waals surface area contributed by atoms with E-state index >= 15 is 0 Å². The number of benzene rings is 1. The van der Waals surface area contributed by atoms with Crippen LogP contribution in [0.5, 0.6) is 0 Å². The number of rotatable bonds is 6. The molecule has 102 valence electrons. The van der Waals surface area contributed by atoms with Gasteiger partial charge < -0.3 is 5.32 Å². The van der Waals surface area contributed by atoms with Crippen molar-refractivity contribution in [3.8, 4) is 12.3 Å². The highest BCUT2D eigenvalue weighted by Crippen LogP contribution is 2.24. The largest absolute Gasteiger partial charge is 0.384 e. The molecule has 1 aliphatic rings. The van der Waals surface area contributed by atoms with E-state index in [0.29, 0.717) is 22.9 Å². The van der Waals surface area contributed by atoms with Gasteiger partial charge in [-0.2, -0.15) is 0 Å². The van der Waals surface area contributed by atoms with Gasteiger partial charge in [-0.15, -0.1) is 18.2 Å². The number of hydrogen-bond donors (Lipinski definition) is 2. The molecule has 0 bridgehead atoms. The van der Waals surface area contributed by atoms with Crippen molar-refractivity contribution in [2.24, 2.45) is 0 Å². The lowest BCUT2D eigenvalue weighted by atomic mass is 10.2. The predicted molar refractivity (Wildman–Crippen MR) is 80.0 cm³/mol. The molecule has 6 heteroatoms. The maximum absolute atomic E-state index is 12.1. The van der Waals surface area contributed by atoms with E-state index in [1.54, 1.807) is 12.1 Å². The Hall–Kier alpha value is -1.16. The molecule has 0 spiro atoms. The number of fused-ring (bicyclic) bond motifs is 1. The summed E-state index contributed by atoms with van der Waals surface area (Å²) in [5, 5.41) is 3.21. The van der Waals surface area contributed by atoms with Crippen LogP contribution in [0.4, 0.5) is 5.69 Å². The molecule has 0 atom stereocenters. The van der Waals surface area contributed by atoms with Gasteiger partial charge in [-0.05, 0) is 30.2 Å². The van der Waals surface area contributed by atoms with Gasteiger partial charge in [-0.1, -0.05) is 5.92 Å². The summed E-state index contributed by atoms with van der Waals surface area (Å²) < 4.78 is 26.8. The summed E-state index contributed by atoms with van der Waals surface area (Å²) in [7, 11) is -3.41. The summed E-state index contributed by atoms with van der Waals surface area (Å²) in [6.45, 7) is 1.26. The lowest BCUT2D eigenvalue weighted by Gasteiger charge is -2.08. The molecule has 2 rings (SSSR count). The Bertz CT molecular complexity index is 591. The third-order valence-electron chi connectivity index (χ3n) is 2.82. The number of sulfonamides is 1. The average molecular weight is 296 g/mol. The van der Waals surface area contributed by atoms with Gasteiger partial charge >= 0.3 is 0 Å². The standard InChI is InChI=1S/C13H16N2O2S2/c1-2-8-18-9-7-15-19(16,17)12-3-4-13-11(10-12)5-6-14-13/h1,3-4,10,14-15H,5-9H2. The van der Waals surface area contributed by atoms with Crippen LogP contribution >= 0.6 is 11.8 Å². The Morgan fingerprint density at radius 2 is 2.32 bits per heavy atom. The van der Waals surface area contributed by atoms with Gasteiger partial charge in [-0.3, -0.25) is 0 Å². The van der Waals surface area contributed by atoms with Crippen LogP contribution in [0.1, 0.15) is 5.56 Å². The third-order valence-corrected chi connectivity index (χ3v) is 5.14. The Kier molecular flexibility index (Phi) is 4.75.